The van der Waals surface area contributed by atoms with Crippen LogP contribution in [0, 0.1) is 0 Å². The van der Waals surface area contributed by atoms with E-state index in [1.807, 2.05) is 17.7 Å². The number of aryl methyl sites for hydroxylation is 1. The lowest BCUT2D eigenvalue weighted by atomic mass is 10.0. The molecule has 0 radical (unpaired) electrons. The van der Waals surface area contributed by atoms with Gasteiger partial charge in [0.2, 0.25) is 12.1 Å². The first-order chi connectivity index (χ1) is 14.3. The number of thiophene rings is 1. The van der Waals surface area contributed by atoms with Crippen molar-refractivity contribution < 1.29 is 9.72 Å². The molecular formula is C22H28N5OS+. The second kappa shape index (κ2) is 7.06. The summed E-state index contributed by atoms with van der Waals surface area (Å²) < 4.78 is 6.86. The standard InChI is InChI=1S/C22H27N5OS/c1-14-5-2-3-8-27(14)21-19-18(23-13-24-21)17-15-6-4-7-16(15)20(25-22(17)29-19)26-9-11-28-12-10-26/h13-14H,2-12H2,1H3/p+1/t14-/m0/s1. The van der Waals surface area contributed by atoms with Gasteiger partial charge in [-0.1, -0.05) is 0 Å². The maximum absolute atomic E-state index is 5.58. The van der Waals surface area contributed by atoms with Gasteiger partial charge in [0.05, 0.1) is 31.2 Å². The number of pyridine rings is 1. The first-order valence-electron chi connectivity index (χ1n) is 11.1. The van der Waals surface area contributed by atoms with Gasteiger partial charge in [-0.2, -0.15) is 0 Å². The molecule has 29 heavy (non-hydrogen) atoms. The number of aromatic nitrogens is 3. The Hall–Kier alpha value is -1.99. The summed E-state index contributed by atoms with van der Waals surface area (Å²) >= 11 is 1.82. The average Bonchev–Trinajstić information content (AvgIpc) is 3.38. The van der Waals surface area contributed by atoms with Gasteiger partial charge < -0.3 is 9.64 Å². The number of nitrogens with one attached hydrogen (secondary N) is 1. The number of aromatic amines is 1. The third-order valence-corrected chi connectivity index (χ3v) is 7.95. The van der Waals surface area contributed by atoms with Gasteiger partial charge >= 0.3 is 0 Å². The van der Waals surface area contributed by atoms with Crippen LogP contribution in [0.15, 0.2) is 6.33 Å². The lowest BCUT2D eigenvalue weighted by molar-refractivity contribution is -0.367. The highest BCUT2D eigenvalue weighted by molar-refractivity contribution is 7.26. The number of fused-ring (bicyclic) bond motifs is 5. The molecule has 1 atom stereocenters. The highest BCUT2D eigenvalue weighted by atomic mass is 32.1. The Kier molecular flexibility index (Phi) is 4.34. The van der Waals surface area contributed by atoms with Gasteiger partial charge in [0.25, 0.3) is 0 Å². The summed E-state index contributed by atoms with van der Waals surface area (Å²) in [7, 11) is 0. The smallest absolute Gasteiger partial charge is 0.242 e. The Morgan fingerprint density at radius 2 is 1.97 bits per heavy atom. The molecule has 0 bridgehead atoms. The number of nitrogens with zero attached hydrogens (tertiary/aromatic N) is 4. The third-order valence-electron chi connectivity index (χ3n) is 6.87. The van der Waals surface area contributed by atoms with Crippen LogP contribution >= 0.6 is 11.3 Å². The molecule has 1 N–H and O–H groups in total. The Bertz CT molecular complexity index is 1070. The van der Waals surface area contributed by atoms with Crippen molar-refractivity contribution in [2.45, 2.75) is 51.5 Å². The Balaban J connectivity index is 1.56. The molecule has 3 aliphatic rings. The summed E-state index contributed by atoms with van der Waals surface area (Å²) in [6, 6.07) is 0.568. The molecule has 6 rings (SSSR count). The normalized spacial score (nSPS) is 22.6. The molecule has 7 heteroatoms. The lowest BCUT2D eigenvalue weighted by Crippen LogP contribution is -2.40. The molecule has 5 heterocycles. The highest BCUT2D eigenvalue weighted by Crippen LogP contribution is 2.43. The van der Waals surface area contributed by atoms with Crippen molar-refractivity contribution in [2.75, 3.05) is 42.6 Å². The fourth-order valence-corrected chi connectivity index (χ4v) is 6.55. The molecule has 0 amide bonds. The summed E-state index contributed by atoms with van der Waals surface area (Å²) in [6.45, 7) is 6.95. The SMILES string of the molecule is C[C@H]1CCCCN1c1[nH+]cnc2c1sc1nc(N3CCOCC3)c3c(c12)CCC3. The van der Waals surface area contributed by atoms with Gasteiger partial charge in [0.1, 0.15) is 15.3 Å². The van der Waals surface area contributed by atoms with E-state index in [1.165, 1.54) is 58.5 Å². The summed E-state index contributed by atoms with van der Waals surface area (Å²) in [5.41, 5.74) is 4.11. The second-order valence-electron chi connectivity index (χ2n) is 8.59. The number of anilines is 2. The molecule has 0 spiro atoms. The molecule has 6 nitrogen and oxygen atoms in total. The number of piperidine rings is 1. The van der Waals surface area contributed by atoms with E-state index in [1.54, 1.807) is 0 Å². The zero-order valence-corrected chi connectivity index (χ0v) is 17.9. The van der Waals surface area contributed by atoms with Crippen LogP contribution in [0.4, 0.5) is 11.6 Å². The summed E-state index contributed by atoms with van der Waals surface area (Å²) in [5.74, 6) is 2.45. The predicted molar refractivity (Wildman–Crippen MR) is 117 cm³/mol. The Labute approximate surface area is 174 Å². The van der Waals surface area contributed by atoms with Crippen LogP contribution in [0.5, 0.6) is 0 Å². The average molecular weight is 411 g/mol. The molecular weight excluding hydrogens is 382 g/mol. The van der Waals surface area contributed by atoms with E-state index < -0.39 is 0 Å². The predicted octanol–water partition coefficient (Wildman–Crippen LogP) is 3.36. The quantitative estimate of drug-likeness (QED) is 0.648. The molecule has 0 unspecified atom stereocenters. The minimum absolute atomic E-state index is 0.568. The van der Waals surface area contributed by atoms with Crippen molar-refractivity contribution in [3.63, 3.8) is 0 Å². The zero-order chi connectivity index (χ0) is 19.4. The number of hydrogen-bond donors (Lipinski definition) is 0. The molecule has 1 aliphatic carbocycles. The second-order valence-corrected chi connectivity index (χ2v) is 9.59. The third kappa shape index (κ3) is 2.81. The van der Waals surface area contributed by atoms with Gasteiger partial charge in [-0.15, -0.1) is 16.3 Å². The van der Waals surface area contributed by atoms with Crippen molar-refractivity contribution in [3.8, 4) is 0 Å². The molecule has 0 saturated carbocycles. The molecule has 0 aromatic carbocycles. The maximum atomic E-state index is 5.58. The zero-order valence-electron chi connectivity index (χ0n) is 17.0. The van der Waals surface area contributed by atoms with Crippen LogP contribution in [0.25, 0.3) is 20.4 Å². The van der Waals surface area contributed by atoms with Crippen LogP contribution in [0.1, 0.15) is 43.7 Å². The largest absolute Gasteiger partial charge is 0.378 e. The van der Waals surface area contributed by atoms with E-state index in [-0.39, 0.29) is 0 Å². The molecule has 2 saturated heterocycles. The first-order valence-corrected chi connectivity index (χ1v) is 11.9. The highest BCUT2D eigenvalue weighted by Gasteiger charge is 2.31. The number of H-pyrrole nitrogens is 1. The Morgan fingerprint density at radius 1 is 1.10 bits per heavy atom. The van der Waals surface area contributed by atoms with Gasteiger partial charge in [0, 0.05) is 13.1 Å². The van der Waals surface area contributed by atoms with Gasteiger partial charge in [-0.05, 0) is 56.6 Å². The minimum atomic E-state index is 0.568. The van der Waals surface area contributed by atoms with Gasteiger partial charge in [-0.25, -0.2) is 9.97 Å². The number of ether oxygens (including phenoxy) is 1. The Morgan fingerprint density at radius 3 is 2.83 bits per heavy atom. The van der Waals surface area contributed by atoms with Gasteiger partial charge in [0.15, 0.2) is 5.52 Å². The number of hydrogen-bond acceptors (Lipinski definition) is 6. The van der Waals surface area contributed by atoms with Crippen LogP contribution < -0.4 is 14.8 Å². The molecule has 3 aromatic heterocycles. The minimum Gasteiger partial charge on any atom is -0.378 e. The van der Waals surface area contributed by atoms with Crippen LogP contribution in [-0.4, -0.2) is 48.9 Å². The monoisotopic (exact) mass is 410 g/mol. The summed E-state index contributed by atoms with van der Waals surface area (Å²) in [6.07, 6.45) is 9.25. The first kappa shape index (κ1) is 17.8. The molecule has 3 aromatic rings. The van der Waals surface area contributed by atoms with Crippen molar-refractivity contribution in [1.82, 2.24) is 9.97 Å². The lowest BCUT2D eigenvalue weighted by Gasteiger charge is -2.29. The van der Waals surface area contributed by atoms with Crippen molar-refractivity contribution in [3.05, 3.63) is 17.5 Å². The van der Waals surface area contributed by atoms with Crippen molar-refractivity contribution in [1.29, 1.82) is 0 Å². The van der Waals surface area contributed by atoms with E-state index in [4.69, 9.17) is 14.7 Å². The molecule has 2 aliphatic heterocycles. The van der Waals surface area contributed by atoms with E-state index in [9.17, 15) is 0 Å². The van der Waals surface area contributed by atoms with Crippen LogP contribution in [0.2, 0.25) is 0 Å². The van der Waals surface area contributed by atoms with Crippen LogP contribution in [-0.2, 0) is 17.6 Å². The number of rotatable bonds is 2. The van der Waals surface area contributed by atoms with E-state index >= 15 is 0 Å². The van der Waals surface area contributed by atoms with E-state index in [0.29, 0.717) is 6.04 Å². The fraction of sp³-hybridized carbons (Fsp3) is 0.591. The molecule has 152 valence electrons. The van der Waals surface area contributed by atoms with Crippen molar-refractivity contribution >= 4 is 43.4 Å². The fourth-order valence-electron chi connectivity index (χ4n) is 5.38. The van der Waals surface area contributed by atoms with E-state index in [2.05, 4.69) is 21.7 Å². The summed E-state index contributed by atoms with van der Waals surface area (Å²) in [4.78, 5) is 19.7. The molecule has 2 fully saturated rings. The number of morpholine rings is 1. The topological polar surface area (TPSA) is 55.6 Å². The van der Waals surface area contributed by atoms with Crippen molar-refractivity contribution in [2.24, 2.45) is 0 Å². The van der Waals surface area contributed by atoms with Gasteiger partial charge in [-0.3, -0.25) is 4.90 Å². The maximum Gasteiger partial charge on any atom is 0.242 e. The van der Waals surface area contributed by atoms with Crippen LogP contribution in [0.3, 0.4) is 0 Å². The summed E-state index contributed by atoms with van der Waals surface area (Å²) in [5, 5.41) is 1.31. The van der Waals surface area contributed by atoms with E-state index in [0.717, 1.165) is 56.0 Å².